The van der Waals surface area contributed by atoms with Crippen LogP contribution in [0, 0.1) is 5.92 Å². The van der Waals surface area contributed by atoms with E-state index in [1.165, 1.54) is 0 Å². The lowest BCUT2D eigenvalue weighted by molar-refractivity contribution is -0.153. The predicted molar refractivity (Wildman–Crippen MR) is 82.9 cm³/mol. The van der Waals surface area contributed by atoms with Crippen LogP contribution in [0.4, 0.5) is 5.69 Å². The number of para-hydroxylation sites is 1. The zero-order valence-electron chi connectivity index (χ0n) is 11.9. The van der Waals surface area contributed by atoms with Gasteiger partial charge in [-0.15, -0.1) is 0 Å². The van der Waals surface area contributed by atoms with Crippen molar-refractivity contribution in [1.29, 1.82) is 0 Å². The van der Waals surface area contributed by atoms with E-state index in [4.69, 9.17) is 4.74 Å². The zero-order valence-corrected chi connectivity index (χ0v) is 11.9. The first-order valence-electron chi connectivity index (χ1n) is 7.38. The highest BCUT2D eigenvalue weighted by molar-refractivity contribution is 5.75. The molecule has 3 heteroatoms. The average molecular weight is 281 g/mol. The summed E-state index contributed by atoms with van der Waals surface area (Å²) in [5.41, 5.74) is 2.13. The van der Waals surface area contributed by atoms with Crippen LogP contribution >= 0.6 is 0 Å². The van der Waals surface area contributed by atoms with Crippen molar-refractivity contribution >= 4 is 11.7 Å². The molecule has 1 saturated heterocycles. The molecule has 0 saturated carbocycles. The van der Waals surface area contributed by atoms with Crippen LogP contribution in [0.2, 0.25) is 0 Å². The second-order valence-corrected chi connectivity index (χ2v) is 5.31. The van der Waals surface area contributed by atoms with Crippen LogP contribution in [0.25, 0.3) is 0 Å². The van der Waals surface area contributed by atoms with Crippen molar-refractivity contribution in [1.82, 2.24) is 0 Å². The molecule has 21 heavy (non-hydrogen) atoms. The topological polar surface area (TPSA) is 38.3 Å². The fourth-order valence-electron chi connectivity index (χ4n) is 2.79. The van der Waals surface area contributed by atoms with Crippen molar-refractivity contribution in [2.24, 2.45) is 5.92 Å². The molecule has 2 aromatic carbocycles. The Labute approximate surface area is 124 Å². The molecule has 1 heterocycles. The van der Waals surface area contributed by atoms with Crippen LogP contribution in [0.15, 0.2) is 60.7 Å². The first-order chi connectivity index (χ1) is 10.3. The summed E-state index contributed by atoms with van der Waals surface area (Å²) in [6, 6.07) is 20.1. The number of carbonyl (C=O) groups excluding carboxylic acids is 1. The number of cyclic esters (lactones) is 1. The van der Waals surface area contributed by atoms with Crippen molar-refractivity contribution in [2.75, 3.05) is 11.9 Å². The first-order valence-corrected chi connectivity index (χ1v) is 7.38. The van der Waals surface area contributed by atoms with Crippen LogP contribution in [0.3, 0.4) is 0 Å². The highest BCUT2D eigenvalue weighted by atomic mass is 16.5. The molecule has 3 nitrogen and oxygen atoms in total. The summed E-state index contributed by atoms with van der Waals surface area (Å²) in [6.45, 7) is 0.544. The fraction of sp³-hybridized carbons (Fsp3) is 0.278. The molecule has 0 radical (unpaired) electrons. The van der Waals surface area contributed by atoms with Gasteiger partial charge in [0, 0.05) is 5.69 Å². The Balaban J connectivity index is 1.89. The van der Waals surface area contributed by atoms with Gasteiger partial charge in [0.25, 0.3) is 0 Å². The van der Waals surface area contributed by atoms with E-state index in [0.29, 0.717) is 6.61 Å². The van der Waals surface area contributed by atoms with Crippen molar-refractivity contribution in [3.05, 3.63) is 66.2 Å². The number of ether oxygens (including phenoxy) is 1. The highest BCUT2D eigenvalue weighted by Gasteiger charge is 2.33. The van der Waals surface area contributed by atoms with Crippen LogP contribution < -0.4 is 5.32 Å². The lowest BCUT2D eigenvalue weighted by Gasteiger charge is -2.30. The normalized spacial score (nSPS) is 19.6. The van der Waals surface area contributed by atoms with Crippen molar-refractivity contribution in [2.45, 2.75) is 18.9 Å². The summed E-state index contributed by atoms with van der Waals surface area (Å²) in [5, 5.41) is 3.49. The molecular weight excluding hydrogens is 262 g/mol. The number of hydrogen-bond donors (Lipinski definition) is 1. The van der Waals surface area contributed by atoms with Crippen LogP contribution in [-0.4, -0.2) is 12.6 Å². The van der Waals surface area contributed by atoms with Gasteiger partial charge in [-0.05, 0) is 30.5 Å². The summed E-state index contributed by atoms with van der Waals surface area (Å²) >= 11 is 0. The van der Waals surface area contributed by atoms with E-state index in [2.05, 4.69) is 17.4 Å². The van der Waals surface area contributed by atoms with E-state index in [1.54, 1.807) is 0 Å². The van der Waals surface area contributed by atoms with Crippen LogP contribution in [0.5, 0.6) is 0 Å². The molecule has 0 amide bonds. The van der Waals surface area contributed by atoms with E-state index in [-0.39, 0.29) is 17.9 Å². The summed E-state index contributed by atoms with van der Waals surface area (Å²) in [6.07, 6.45) is 1.79. The number of esters is 1. The number of benzene rings is 2. The van der Waals surface area contributed by atoms with Gasteiger partial charge in [-0.2, -0.15) is 0 Å². The quantitative estimate of drug-likeness (QED) is 0.866. The molecule has 3 rings (SSSR count). The second-order valence-electron chi connectivity index (χ2n) is 5.31. The van der Waals surface area contributed by atoms with Gasteiger partial charge in [0.05, 0.1) is 18.6 Å². The van der Waals surface area contributed by atoms with Crippen LogP contribution in [0.1, 0.15) is 24.4 Å². The Morgan fingerprint density at radius 3 is 2.33 bits per heavy atom. The van der Waals surface area contributed by atoms with Gasteiger partial charge in [0.2, 0.25) is 0 Å². The van der Waals surface area contributed by atoms with Gasteiger partial charge in [-0.3, -0.25) is 4.79 Å². The number of rotatable bonds is 4. The molecule has 0 spiro atoms. The number of carbonyl (C=O) groups is 1. The standard InChI is InChI=1S/C18H19NO2/c20-18-16(12-7-13-21-18)17(14-8-3-1-4-9-14)19-15-10-5-2-6-11-15/h1-6,8-11,16-17,19H,7,12-13H2/t16-,17-/m1/s1. The minimum atomic E-state index is -0.138. The Bertz CT molecular complexity index is 583. The predicted octanol–water partition coefficient (Wildman–Crippen LogP) is 3.79. The third-order valence-corrected chi connectivity index (χ3v) is 3.86. The van der Waals surface area contributed by atoms with Gasteiger partial charge in [0.15, 0.2) is 0 Å². The van der Waals surface area contributed by atoms with Gasteiger partial charge in [-0.25, -0.2) is 0 Å². The van der Waals surface area contributed by atoms with E-state index in [0.717, 1.165) is 24.1 Å². The monoisotopic (exact) mass is 281 g/mol. The Morgan fingerprint density at radius 2 is 1.67 bits per heavy atom. The maximum Gasteiger partial charge on any atom is 0.311 e. The highest BCUT2D eigenvalue weighted by Crippen LogP contribution is 2.32. The molecule has 1 aliphatic rings. The molecule has 2 atom stereocenters. The number of nitrogens with one attached hydrogen (secondary N) is 1. The maximum absolute atomic E-state index is 12.1. The molecule has 1 N–H and O–H groups in total. The molecule has 2 aromatic rings. The number of hydrogen-bond acceptors (Lipinski definition) is 3. The smallest absolute Gasteiger partial charge is 0.311 e. The van der Waals surface area contributed by atoms with E-state index in [1.807, 2.05) is 48.5 Å². The molecule has 1 fully saturated rings. The van der Waals surface area contributed by atoms with E-state index < -0.39 is 0 Å². The van der Waals surface area contributed by atoms with E-state index >= 15 is 0 Å². The second kappa shape index (κ2) is 6.44. The summed E-state index contributed by atoms with van der Waals surface area (Å²) in [7, 11) is 0. The lowest BCUT2D eigenvalue weighted by atomic mass is 9.88. The van der Waals surface area contributed by atoms with Gasteiger partial charge >= 0.3 is 5.97 Å². The minimum Gasteiger partial charge on any atom is -0.465 e. The average Bonchev–Trinajstić information content (AvgIpc) is 2.55. The van der Waals surface area contributed by atoms with E-state index in [9.17, 15) is 4.79 Å². The zero-order chi connectivity index (χ0) is 14.5. The third kappa shape index (κ3) is 3.24. The fourth-order valence-corrected chi connectivity index (χ4v) is 2.79. The molecule has 1 aliphatic heterocycles. The van der Waals surface area contributed by atoms with Crippen molar-refractivity contribution < 1.29 is 9.53 Å². The summed E-state index contributed by atoms with van der Waals surface area (Å²) in [5.74, 6) is -0.236. The third-order valence-electron chi connectivity index (χ3n) is 3.86. The van der Waals surface area contributed by atoms with Crippen LogP contribution in [-0.2, 0) is 9.53 Å². The molecule has 108 valence electrons. The Hall–Kier alpha value is -2.29. The van der Waals surface area contributed by atoms with Crippen molar-refractivity contribution in [3.8, 4) is 0 Å². The Kier molecular flexibility index (Phi) is 4.20. The summed E-state index contributed by atoms with van der Waals surface area (Å²) in [4.78, 5) is 12.1. The van der Waals surface area contributed by atoms with Gasteiger partial charge in [0.1, 0.15) is 0 Å². The number of anilines is 1. The Morgan fingerprint density at radius 1 is 1.00 bits per heavy atom. The van der Waals surface area contributed by atoms with Gasteiger partial charge in [-0.1, -0.05) is 48.5 Å². The SMILES string of the molecule is O=C1OCCC[C@@H]1[C@H](Nc1ccccc1)c1ccccc1. The minimum absolute atomic E-state index is 0.0543. The molecule has 0 aromatic heterocycles. The maximum atomic E-state index is 12.1. The van der Waals surface area contributed by atoms with Crippen molar-refractivity contribution in [3.63, 3.8) is 0 Å². The molecule has 0 bridgehead atoms. The largest absolute Gasteiger partial charge is 0.465 e. The molecule has 0 unspecified atom stereocenters. The molecular formula is C18H19NO2. The first kappa shape index (κ1) is 13.7. The summed E-state index contributed by atoms with van der Waals surface area (Å²) < 4.78 is 5.25. The lowest BCUT2D eigenvalue weighted by Crippen LogP contribution is -2.33. The molecule has 0 aliphatic carbocycles. The van der Waals surface area contributed by atoms with Gasteiger partial charge < -0.3 is 10.1 Å².